The molecule has 0 bridgehead atoms. The Hall–Kier alpha value is -2.96. The van der Waals surface area contributed by atoms with E-state index in [1.54, 1.807) is 0 Å². The molecule has 23 heavy (non-hydrogen) atoms. The minimum Gasteiger partial charge on any atom is -0.484 e. The molecule has 0 aliphatic rings. The van der Waals surface area contributed by atoms with Gasteiger partial charge in [0.15, 0.2) is 18.2 Å². The highest BCUT2D eigenvalue weighted by molar-refractivity contribution is 5.93. The molecule has 0 heterocycles. The molecule has 0 aromatic heterocycles. The molecule has 1 amide bonds. The van der Waals surface area contributed by atoms with Crippen LogP contribution < -0.4 is 10.1 Å². The molecule has 7 heteroatoms. The van der Waals surface area contributed by atoms with Crippen molar-refractivity contribution in [2.75, 3.05) is 19.0 Å². The number of anilines is 1. The largest absolute Gasteiger partial charge is 0.484 e. The Kier molecular flexibility index (Phi) is 5.24. The number of benzene rings is 2. The first-order valence-electron chi connectivity index (χ1n) is 6.55. The van der Waals surface area contributed by atoms with Gasteiger partial charge in [0.1, 0.15) is 5.75 Å². The van der Waals surface area contributed by atoms with E-state index in [1.807, 2.05) is 0 Å². The van der Waals surface area contributed by atoms with Gasteiger partial charge in [-0.25, -0.2) is 13.6 Å². The number of hydrogen-bond acceptors (Lipinski definition) is 4. The van der Waals surface area contributed by atoms with Crippen molar-refractivity contribution < 1.29 is 27.8 Å². The number of ether oxygens (including phenoxy) is 2. The lowest BCUT2D eigenvalue weighted by Gasteiger charge is -2.08. The van der Waals surface area contributed by atoms with Crippen LogP contribution in [0, 0.1) is 11.6 Å². The van der Waals surface area contributed by atoms with Crippen LogP contribution in [0.1, 0.15) is 10.4 Å². The highest BCUT2D eigenvalue weighted by atomic mass is 19.2. The predicted molar refractivity (Wildman–Crippen MR) is 78.3 cm³/mol. The maximum atomic E-state index is 13.0. The van der Waals surface area contributed by atoms with Crippen molar-refractivity contribution in [2.45, 2.75) is 0 Å². The molecule has 0 aliphatic heterocycles. The number of carbonyl (C=O) groups is 2. The first-order valence-corrected chi connectivity index (χ1v) is 6.55. The van der Waals surface area contributed by atoms with Crippen molar-refractivity contribution in [1.29, 1.82) is 0 Å². The number of nitrogens with one attached hydrogen (secondary N) is 1. The molecule has 1 N–H and O–H groups in total. The SMILES string of the molecule is COC(=O)c1ccc(NC(=O)COc2ccc(F)c(F)c2)cc1. The molecule has 0 saturated heterocycles. The van der Waals surface area contributed by atoms with Crippen LogP contribution in [-0.4, -0.2) is 25.6 Å². The van der Waals surface area contributed by atoms with Crippen molar-refractivity contribution in [1.82, 2.24) is 0 Å². The first-order chi connectivity index (χ1) is 11.0. The lowest BCUT2D eigenvalue weighted by molar-refractivity contribution is -0.118. The van der Waals surface area contributed by atoms with Gasteiger partial charge in [0.2, 0.25) is 0 Å². The second kappa shape index (κ2) is 7.35. The zero-order valence-electron chi connectivity index (χ0n) is 12.1. The minimum absolute atomic E-state index is 0.0417. The third-order valence-corrected chi connectivity index (χ3v) is 2.85. The monoisotopic (exact) mass is 321 g/mol. The third kappa shape index (κ3) is 4.50. The minimum atomic E-state index is -1.05. The summed E-state index contributed by atoms with van der Waals surface area (Å²) in [7, 11) is 1.27. The smallest absolute Gasteiger partial charge is 0.337 e. The van der Waals surface area contributed by atoms with E-state index in [1.165, 1.54) is 37.4 Å². The Morgan fingerprint density at radius 2 is 1.74 bits per heavy atom. The van der Waals surface area contributed by atoms with Gasteiger partial charge < -0.3 is 14.8 Å². The van der Waals surface area contributed by atoms with Crippen LogP contribution in [0.3, 0.4) is 0 Å². The number of esters is 1. The highest BCUT2D eigenvalue weighted by Gasteiger charge is 2.08. The van der Waals surface area contributed by atoms with Gasteiger partial charge in [-0.3, -0.25) is 4.79 Å². The topological polar surface area (TPSA) is 64.6 Å². The van der Waals surface area contributed by atoms with E-state index >= 15 is 0 Å². The van der Waals surface area contributed by atoms with Gasteiger partial charge >= 0.3 is 5.97 Å². The fourth-order valence-electron chi connectivity index (χ4n) is 1.72. The quantitative estimate of drug-likeness (QED) is 0.860. The maximum absolute atomic E-state index is 13.0. The van der Waals surface area contributed by atoms with Crippen LogP contribution in [0.15, 0.2) is 42.5 Å². The summed E-state index contributed by atoms with van der Waals surface area (Å²) in [6.07, 6.45) is 0. The Balaban J connectivity index is 1.89. The van der Waals surface area contributed by atoms with Crippen LogP contribution >= 0.6 is 0 Å². The zero-order chi connectivity index (χ0) is 16.8. The molecule has 0 spiro atoms. The molecule has 120 valence electrons. The van der Waals surface area contributed by atoms with Gasteiger partial charge in [-0.2, -0.15) is 0 Å². The van der Waals surface area contributed by atoms with Crippen LogP contribution in [0.25, 0.3) is 0 Å². The lowest BCUT2D eigenvalue weighted by atomic mass is 10.2. The number of methoxy groups -OCH3 is 1. The zero-order valence-corrected chi connectivity index (χ0v) is 12.1. The fraction of sp³-hybridized carbons (Fsp3) is 0.125. The summed E-state index contributed by atoms with van der Waals surface area (Å²) in [5, 5.41) is 2.54. The molecule has 2 aromatic rings. The highest BCUT2D eigenvalue weighted by Crippen LogP contribution is 2.15. The molecule has 0 atom stereocenters. The van der Waals surface area contributed by atoms with Crippen molar-refractivity contribution in [3.8, 4) is 5.75 Å². The van der Waals surface area contributed by atoms with Crippen LogP contribution in [-0.2, 0) is 9.53 Å². The Morgan fingerprint density at radius 3 is 2.35 bits per heavy atom. The third-order valence-electron chi connectivity index (χ3n) is 2.85. The molecule has 2 aromatic carbocycles. The number of hydrogen-bond donors (Lipinski definition) is 1. The molecule has 0 aliphatic carbocycles. The standard InChI is InChI=1S/C16H13F2NO4/c1-22-16(21)10-2-4-11(5-3-10)19-15(20)9-23-12-6-7-13(17)14(18)8-12/h2-8H,9H2,1H3,(H,19,20). The number of rotatable bonds is 5. The van der Waals surface area contributed by atoms with E-state index < -0.39 is 23.5 Å². The van der Waals surface area contributed by atoms with E-state index in [9.17, 15) is 18.4 Å². The molecular weight excluding hydrogens is 308 g/mol. The summed E-state index contributed by atoms with van der Waals surface area (Å²) in [4.78, 5) is 23.0. The number of halogens is 2. The van der Waals surface area contributed by atoms with Crippen LogP contribution in [0.5, 0.6) is 5.75 Å². The average Bonchev–Trinajstić information content (AvgIpc) is 2.56. The molecule has 0 radical (unpaired) electrons. The van der Waals surface area contributed by atoms with Gasteiger partial charge in [-0.1, -0.05) is 0 Å². The molecule has 2 rings (SSSR count). The van der Waals surface area contributed by atoms with Crippen molar-refractivity contribution in [3.05, 3.63) is 59.7 Å². The predicted octanol–water partition coefficient (Wildman–Crippen LogP) is 2.77. The summed E-state index contributed by atoms with van der Waals surface area (Å²) < 4.78 is 35.4. The normalized spacial score (nSPS) is 10.0. The summed E-state index contributed by atoms with van der Waals surface area (Å²) in [5.74, 6) is -2.97. The average molecular weight is 321 g/mol. The Morgan fingerprint density at radius 1 is 1.04 bits per heavy atom. The summed E-state index contributed by atoms with van der Waals surface area (Å²) >= 11 is 0. The lowest BCUT2D eigenvalue weighted by Crippen LogP contribution is -2.20. The number of carbonyl (C=O) groups excluding carboxylic acids is 2. The second-order valence-electron chi connectivity index (χ2n) is 4.48. The fourth-order valence-corrected chi connectivity index (χ4v) is 1.72. The summed E-state index contributed by atoms with van der Waals surface area (Å²) in [5.41, 5.74) is 0.806. The van der Waals surface area contributed by atoms with Crippen molar-refractivity contribution in [3.63, 3.8) is 0 Å². The van der Waals surface area contributed by atoms with Gasteiger partial charge in [0, 0.05) is 11.8 Å². The molecule has 0 unspecified atom stereocenters. The van der Waals surface area contributed by atoms with E-state index in [0.29, 0.717) is 11.3 Å². The van der Waals surface area contributed by atoms with E-state index in [-0.39, 0.29) is 12.4 Å². The molecule has 5 nitrogen and oxygen atoms in total. The van der Waals surface area contributed by atoms with Crippen LogP contribution in [0.2, 0.25) is 0 Å². The van der Waals surface area contributed by atoms with Gasteiger partial charge in [-0.05, 0) is 36.4 Å². The van der Waals surface area contributed by atoms with Gasteiger partial charge in [-0.15, -0.1) is 0 Å². The van der Waals surface area contributed by atoms with Crippen LogP contribution in [0.4, 0.5) is 14.5 Å². The van der Waals surface area contributed by atoms with Gasteiger partial charge in [0.25, 0.3) is 5.91 Å². The van der Waals surface area contributed by atoms with E-state index in [4.69, 9.17) is 4.74 Å². The van der Waals surface area contributed by atoms with Crippen molar-refractivity contribution >= 4 is 17.6 Å². The molecule has 0 saturated carbocycles. The van der Waals surface area contributed by atoms with Crippen molar-refractivity contribution in [2.24, 2.45) is 0 Å². The maximum Gasteiger partial charge on any atom is 0.337 e. The molecule has 0 fully saturated rings. The first kappa shape index (κ1) is 16.4. The summed E-state index contributed by atoms with van der Waals surface area (Å²) in [6, 6.07) is 9.04. The van der Waals surface area contributed by atoms with E-state index in [2.05, 4.69) is 10.1 Å². The number of amides is 1. The summed E-state index contributed by atoms with van der Waals surface area (Å²) in [6.45, 7) is -0.371. The molecular formula is C16H13F2NO4. The second-order valence-corrected chi connectivity index (χ2v) is 4.48. The van der Waals surface area contributed by atoms with Gasteiger partial charge in [0.05, 0.1) is 12.7 Å². The Labute approximate surface area is 130 Å². The Bertz CT molecular complexity index is 717. The van der Waals surface area contributed by atoms with E-state index in [0.717, 1.165) is 12.1 Å².